The van der Waals surface area contributed by atoms with Gasteiger partial charge < -0.3 is 11.1 Å². The Morgan fingerprint density at radius 3 is 2.18 bits per heavy atom. The van der Waals surface area contributed by atoms with Gasteiger partial charge in [0.2, 0.25) is 0 Å². The van der Waals surface area contributed by atoms with Gasteiger partial charge in [-0.2, -0.15) is 5.06 Å². The molecule has 0 heterocycles. The SMILES string of the molecule is CON(CCCNC(N)=O)C(=O)N(OC)OC. The highest BCUT2D eigenvalue weighted by Gasteiger charge is 2.21. The zero-order valence-electron chi connectivity index (χ0n) is 10.1. The van der Waals surface area contributed by atoms with Crippen LogP contribution in [0.5, 0.6) is 0 Å². The average molecular weight is 250 g/mol. The van der Waals surface area contributed by atoms with Gasteiger partial charge in [-0.1, -0.05) is 5.23 Å². The Bertz CT molecular complexity index is 246. The molecule has 0 spiro atoms. The molecule has 0 aromatic rings. The van der Waals surface area contributed by atoms with Crippen molar-refractivity contribution in [1.82, 2.24) is 15.6 Å². The van der Waals surface area contributed by atoms with Crippen molar-refractivity contribution in [2.45, 2.75) is 6.42 Å². The number of rotatable bonds is 7. The number of nitrogens with zero attached hydrogens (tertiary/aromatic N) is 2. The van der Waals surface area contributed by atoms with Crippen molar-refractivity contribution in [2.75, 3.05) is 34.4 Å². The van der Waals surface area contributed by atoms with Crippen molar-refractivity contribution >= 4 is 12.1 Å². The van der Waals surface area contributed by atoms with E-state index in [-0.39, 0.29) is 6.54 Å². The zero-order chi connectivity index (χ0) is 13.3. The van der Waals surface area contributed by atoms with Crippen LogP contribution in [0, 0.1) is 0 Å². The lowest BCUT2D eigenvalue weighted by Gasteiger charge is -2.24. The highest BCUT2D eigenvalue weighted by atomic mass is 17.0. The van der Waals surface area contributed by atoms with Crippen LogP contribution >= 0.6 is 0 Å². The Morgan fingerprint density at radius 1 is 1.18 bits per heavy atom. The lowest BCUT2D eigenvalue weighted by atomic mass is 10.4. The number of carbonyl (C=O) groups excluding carboxylic acids is 2. The lowest BCUT2D eigenvalue weighted by molar-refractivity contribution is -0.314. The van der Waals surface area contributed by atoms with E-state index >= 15 is 0 Å². The Labute approximate surface area is 99.2 Å². The molecule has 0 atom stereocenters. The highest BCUT2D eigenvalue weighted by molar-refractivity contribution is 5.71. The van der Waals surface area contributed by atoms with Gasteiger partial charge in [-0.25, -0.2) is 19.3 Å². The van der Waals surface area contributed by atoms with E-state index in [2.05, 4.69) is 15.0 Å². The molecule has 9 nitrogen and oxygen atoms in total. The number of nitrogens with one attached hydrogen (secondary N) is 1. The Morgan fingerprint density at radius 2 is 1.76 bits per heavy atom. The number of primary amides is 1. The van der Waals surface area contributed by atoms with E-state index < -0.39 is 12.1 Å². The summed E-state index contributed by atoms with van der Waals surface area (Å²) in [6.45, 7) is 0.585. The number of urea groups is 2. The Balaban J connectivity index is 4.05. The second-order valence-electron chi connectivity index (χ2n) is 2.83. The van der Waals surface area contributed by atoms with E-state index in [0.717, 1.165) is 5.06 Å². The summed E-state index contributed by atoms with van der Waals surface area (Å²) in [6, 6.07) is -1.23. The molecule has 3 N–H and O–H groups in total. The highest BCUT2D eigenvalue weighted by Crippen LogP contribution is 2.01. The number of hydroxylamine groups is 4. The predicted molar refractivity (Wildman–Crippen MR) is 57.2 cm³/mol. The van der Waals surface area contributed by atoms with Gasteiger partial charge in [0.15, 0.2) is 0 Å². The van der Waals surface area contributed by atoms with Crippen molar-refractivity contribution < 1.29 is 24.1 Å². The molecule has 0 rings (SSSR count). The van der Waals surface area contributed by atoms with Crippen LogP contribution in [0.2, 0.25) is 0 Å². The van der Waals surface area contributed by atoms with Gasteiger partial charge in [0.1, 0.15) is 0 Å². The molecule has 0 aliphatic carbocycles. The number of hydrogen-bond donors (Lipinski definition) is 2. The Kier molecular flexibility index (Phi) is 7.76. The average Bonchev–Trinajstić information content (AvgIpc) is 2.30. The number of nitrogens with two attached hydrogens (primary N) is 1. The first-order chi connectivity index (χ1) is 8.06. The summed E-state index contributed by atoms with van der Waals surface area (Å²) in [7, 11) is 3.90. The quantitative estimate of drug-likeness (QED) is 0.466. The summed E-state index contributed by atoms with van der Waals surface area (Å²) < 4.78 is 0. The first-order valence-corrected chi connectivity index (χ1v) is 4.84. The Hall–Kier alpha value is -1.58. The van der Waals surface area contributed by atoms with Crippen molar-refractivity contribution in [1.29, 1.82) is 0 Å². The largest absolute Gasteiger partial charge is 0.393 e. The third-order valence-corrected chi connectivity index (χ3v) is 1.76. The molecule has 0 aromatic carbocycles. The van der Waals surface area contributed by atoms with Crippen LogP contribution in [0.4, 0.5) is 9.59 Å². The second-order valence-corrected chi connectivity index (χ2v) is 2.83. The van der Waals surface area contributed by atoms with Gasteiger partial charge in [0.05, 0.1) is 27.9 Å². The van der Waals surface area contributed by atoms with Crippen LogP contribution in [0.15, 0.2) is 0 Å². The van der Waals surface area contributed by atoms with Gasteiger partial charge >= 0.3 is 12.1 Å². The molecule has 0 aromatic heterocycles. The number of amides is 4. The first kappa shape index (κ1) is 15.4. The maximum atomic E-state index is 11.6. The molecule has 0 unspecified atom stereocenters. The van der Waals surface area contributed by atoms with Crippen LogP contribution in [0.3, 0.4) is 0 Å². The molecule has 0 fully saturated rings. The van der Waals surface area contributed by atoms with Gasteiger partial charge in [-0.15, -0.1) is 0 Å². The van der Waals surface area contributed by atoms with Crippen LogP contribution in [-0.2, 0) is 14.5 Å². The third-order valence-electron chi connectivity index (χ3n) is 1.76. The van der Waals surface area contributed by atoms with E-state index in [4.69, 9.17) is 10.6 Å². The monoisotopic (exact) mass is 250 g/mol. The van der Waals surface area contributed by atoms with Gasteiger partial charge in [0.25, 0.3) is 0 Å². The molecule has 0 aliphatic rings. The van der Waals surface area contributed by atoms with E-state index in [1.807, 2.05) is 0 Å². The molecule has 17 heavy (non-hydrogen) atoms. The molecule has 0 bridgehead atoms. The van der Waals surface area contributed by atoms with E-state index in [9.17, 15) is 9.59 Å². The van der Waals surface area contributed by atoms with E-state index in [0.29, 0.717) is 18.2 Å². The number of carbonyl (C=O) groups is 2. The first-order valence-electron chi connectivity index (χ1n) is 4.84. The fraction of sp³-hybridized carbons (Fsp3) is 0.750. The maximum absolute atomic E-state index is 11.6. The van der Waals surface area contributed by atoms with Crippen molar-refractivity contribution in [3.63, 3.8) is 0 Å². The van der Waals surface area contributed by atoms with Crippen molar-refractivity contribution in [3.8, 4) is 0 Å². The molecule has 100 valence electrons. The van der Waals surface area contributed by atoms with Gasteiger partial charge in [-0.3, -0.25) is 4.84 Å². The summed E-state index contributed by atoms with van der Waals surface area (Å²) in [5.41, 5.74) is 4.88. The summed E-state index contributed by atoms with van der Waals surface area (Å²) >= 11 is 0. The summed E-state index contributed by atoms with van der Waals surface area (Å²) in [5, 5.41) is 4.07. The maximum Gasteiger partial charge on any atom is 0.393 e. The van der Waals surface area contributed by atoms with Crippen LogP contribution in [0.1, 0.15) is 6.42 Å². The molecule has 0 saturated heterocycles. The van der Waals surface area contributed by atoms with Crippen molar-refractivity contribution in [3.05, 3.63) is 0 Å². The second kappa shape index (κ2) is 8.56. The van der Waals surface area contributed by atoms with E-state index in [1.54, 1.807) is 0 Å². The standard InChI is InChI=1S/C8H18N4O5/c1-15-11(6-4-5-10-7(9)13)8(14)12(16-2)17-3/h4-6H2,1-3H3,(H3,9,10,13). The topological polar surface area (TPSA) is 106 Å². The molecular formula is C8H18N4O5. The minimum Gasteiger partial charge on any atom is -0.352 e. The van der Waals surface area contributed by atoms with E-state index in [1.165, 1.54) is 21.3 Å². The smallest absolute Gasteiger partial charge is 0.352 e. The molecule has 9 heteroatoms. The summed E-state index contributed by atoms with van der Waals surface area (Å²) in [4.78, 5) is 36.1. The molecule has 0 radical (unpaired) electrons. The molecular weight excluding hydrogens is 232 g/mol. The van der Waals surface area contributed by atoms with Crippen molar-refractivity contribution in [2.24, 2.45) is 5.73 Å². The van der Waals surface area contributed by atoms with Crippen LogP contribution in [0.25, 0.3) is 0 Å². The lowest BCUT2D eigenvalue weighted by Crippen LogP contribution is -2.42. The zero-order valence-corrected chi connectivity index (χ0v) is 10.1. The number of hydrogen-bond acceptors (Lipinski definition) is 5. The fourth-order valence-electron chi connectivity index (χ4n) is 1.02. The van der Waals surface area contributed by atoms with Crippen LogP contribution in [-0.4, -0.2) is 56.8 Å². The minimum absolute atomic E-state index is 0.249. The summed E-state index contributed by atoms with van der Waals surface area (Å²) in [6.07, 6.45) is 0.476. The van der Waals surface area contributed by atoms with Gasteiger partial charge in [-0.05, 0) is 6.42 Å². The molecule has 4 amide bonds. The third kappa shape index (κ3) is 5.90. The predicted octanol–water partition coefficient (Wildman–Crippen LogP) is -0.547. The normalized spacial score (nSPS) is 9.82. The van der Waals surface area contributed by atoms with Gasteiger partial charge in [0, 0.05) is 6.54 Å². The molecule has 0 aliphatic heterocycles. The fourth-order valence-corrected chi connectivity index (χ4v) is 1.02. The van der Waals surface area contributed by atoms with Crippen LogP contribution < -0.4 is 11.1 Å². The summed E-state index contributed by atoms with van der Waals surface area (Å²) in [5.74, 6) is 0. The molecule has 0 saturated carbocycles. The minimum atomic E-state index is -0.615.